The molecule has 1 aromatic carbocycles. The van der Waals surface area contributed by atoms with E-state index >= 15 is 0 Å². The highest BCUT2D eigenvalue weighted by atomic mass is 16.5. The van der Waals surface area contributed by atoms with Gasteiger partial charge in [-0.1, -0.05) is 18.2 Å². The number of likely N-dealkylation sites (tertiary alicyclic amines) is 2. The van der Waals surface area contributed by atoms with Crippen molar-refractivity contribution in [1.29, 1.82) is 0 Å². The SMILES string of the molecule is CC(=O)N1CCC[C@@H]1[C@@H]1CCCN1C[C@@H](O)COc1ccccc1. The number of aliphatic hydroxyl groups is 1. The lowest BCUT2D eigenvalue weighted by atomic mass is 10.0. The van der Waals surface area contributed by atoms with E-state index in [1.54, 1.807) is 6.92 Å². The standard InChI is InChI=1S/C19H28N2O3/c1-15(22)21-12-6-10-19(21)18-9-5-11-20(18)13-16(23)14-24-17-7-3-2-4-8-17/h2-4,7-8,16,18-19,23H,5-6,9-14H2,1H3/t16-,18+,19-/m1/s1. The molecule has 0 spiro atoms. The lowest BCUT2D eigenvalue weighted by Crippen LogP contribution is -2.49. The maximum absolute atomic E-state index is 11.8. The van der Waals surface area contributed by atoms with Crippen LogP contribution in [-0.4, -0.2) is 65.2 Å². The van der Waals surface area contributed by atoms with E-state index in [4.69, 9.17) is 4.74 Å². The van der Waals surface area contributed by atoms with Crippen molar-refractivity contribution < 1.29 is 14.6 Å². The van der Waals surface area contributed by atoms with E-state index in [2.05, 4.69) is 4.90 Å². The molecule has 1 N–H and O–H groups in total. The van der Waals surface area contributed by atoms with E-state index in [1.807, 2.05) is 35.2 Å². The average molecular weight is 332 g/mol. The molecule has 0 unspecified atom stereocenters. The van der Waals surface area contributed by atoms with Crippen molar-refractivity contribution in [1.82, 2.24) is 9.80 Å². The summed E-state index contributed by atoms with van der Waals surface area (Å²) in [5.74, 6) is 0.963. The summed E-state index contributed by atoms with van der Waals surface area (Å²) in [6, 6.07) is 10.3. The molecule has 2 saturated heterocycles. The minimum absolute atomic E-state index is 0.178. The first-order valence-electron chi connectivity index (χ1n) is 9.02. The fourth-order valence-electron chi connectivity index (χ4n) is 4.13. The van der Waals surface area contributed by atoms with Crippen molar-refractivity contribution in [3.8, 4) is 5.75 Å². The van der Waals surface area contributed by atoms with Crippen molar-refractivity contribution in [2.24, 2.45) is 0 Å². The Labute approximate surface area is 144 Å². The van der Waals surface area contributed by atoms with Gasteiger partial charge in [-0.3, -0.25) is 9.69 Å². The van der Waals surface area contributed by atoms with Crippen molar-refractivity contribution in [2.75, 3.05) is 26.2 Å². The molecular weight excluding hydrogens is 304 g/mol. The molecule has 1 amide bonds. The molecule has 2 heterocycles. The number of carbonyl (C=O) groups is 1. The Balaban J connectivity index is 1.52. The molecule has 2 fully saturated rings. The number of rotatable bonds is 6. The lowest BCUT2D eigenvalue weighted by Gasteiger charge is -2.35. The lowest BCUT2D eigenvalue weighted by molar-refractivity contribution is -0.130. The number of benzene rings is 1. The summed E-state index contributed by atoms with van der Waals surface area (Å²) in [4.78, 5) is 16.2. The second-order valence-corrected chi connectivity index (χ2v) is 6.90. The summed E-state index contributed by atoms with van der Waals surface area (Å²) in [6.07, 6.45) is 3.91. The van der Waals surface area contributed by atoms with Crippen molar-refractivity contribution in [3.05, 3.63) is 30.3 Å². The first-order chi connectivity index (χ1) is 11.6. The van der Waals surface area contributed by atoms with Gasteiger partial charge in [0.05, 0.1) is 0 Å². The van der Waals surface area contributed by atoms with Crippen LogP contribution in [0.4, 0.5) is 0 Å². The van der Waals surface area contributed by atoms with Crippen LogP contribution in [0.3, 0.4) is 0 Å². The third-order valence-electron chi connectivity index (χ3n) is 5.19. The molecule has 5 nitrogen and oxygen atoms in total. The van der Waals surface area contributed by atoms with Crippen molar-refractivity contribution in [2.45, 2.75) is 50.8 Å². The fourth-order valence-corrected chi connectivity index (χ4v) is 4.13. The minimum atomic E-state index is -0.516. The van der Waals surface area contributed by atoms with Gasteiger partial charge in [0, 0.05) is 32.1 Å². The van der Waals surface area contributed by atoms with Crippen molar-refractivity contribution in [3.63, 3.8) is 0 Å². The Morgan fingerprint density at radius 1 is 1.21 bits per heavy atom. The van der Waals surface area contributed by atoms with Crippen LogP contribution in [0.2, 0.25) is 0 Å². The smallest absolute Gasteiger partial charge is 0.219 e. The zero-order valence-electron chi connectivity index (χ0n) is 14.4. The van der Waals surface area contributed by atoms with Gasteiger partial charge in [0.25, 0.3) is 0 Å². The van der Waals surface area contributed by atoms with Gasteiger partial charge in [0.1, 0.15) is 18.5 Å². The molecule has 3 atom stereocenters. The van der Waals surface area contributed by atoms with Crippen LogP contribution in [-0.2, 0) is 4.79 Å². The van der Waals surface area contributed by atoms with Gasteiger partial charge in [0.15, 0.2) is 0 Å². The topological polar surface area (TPSA) is 53.0 Å². The van der Waals surface area contributed by atoms with Crippen molar-refractivity contribution >= 4 is 5.91 Å². The zero-order valence-corrected chi connectivity index (χ0v) is 14.4. The number of carbonyl (C=O) groups excluding carboxylic acids is 1. The number of amides is 1. The monoisotopic (exact) mass is 332 g/mol. The van der Waals surface area contributed by atoms with Crippen LogP contribution >= 0.6 is 0 Å². The molecule has 0 aromatic heterocycles. The largest absolute Gasteiger partial charge is 0.491 e. The van der Waals surface area contributed by atoms with Crippen LogP contribution < -0.4 is 4.74 Å². The Morgan fingerprint density at radius 3 is 2.67 bits per heavy atom. The summed E-state index contributed by atoms with van der Waals surface area (Å²) in [6.45, 7) is 4.45. The Morgan fingerprint density at radius 2 is 1.92 bits per heavy atom. The number of hydrogen-bond donors (Lipinski definition) is 1. The second kappa shape index (κ2) is 7.99. The summed E-state index contributed by atoms with van der Waals surface area (Å²) < 4.78 is 5.66. The number of nitrogens with zero attached hydrogens (tertiary/aromatic N) is 2. The first-order valence-corrected chi connectivity index (χ1v) is 9.02. The highest BCUT2D eigenvalue weighted by Gasteiger charge is 2.39. The van der Waals surface area contributed by atoms with Gasteiger partial charge < -0.3 is 14.7 Å². The fraction of sp³-hybridized carbons (Fsp3) is 0.632. The summed E-state index contributed by atoms with van der Waals surface area (Å²) in [5.41, 5.74) is 0. The van der Waals surface area contributed by atoms with E-state index in [1.165, 1.54) is 0 Å². The molecule has 0 aliphatic carbocycles. The molecule has 5 heteroatoms. The molecular formula is C19H28N2O3. The minimum Gasteiger partial charge on any atom is -0.491 e. The highest BCUT2D eigenvalue weighted by Crippen LogP contribution is 2.30. The third kappa shape index (κ3) is 4.08. The van der Waals surface area contributed by atoms with E-state index in [9.17, 15) is 9.90 Å². The predicted octanol–water partition coefficient (Wildman–Crippen LogP) is 1.90. The average Bonchev–Trinajstić information content (AvgIpc) is 3.22. The molecule has 0 bridgehead atoms. The summed E-state index contributed by atoms with van der Waals surface area (Å²) >= 11 is 0. The zero-order chi connectivity index (χ0) is 16.9. The molecule has 0 saturated carbocycles. The predicted molar refractivity (Wildman–Crippen MR) is 92.9 cm³/mol. The Kier molecular flexibility index (Phi) is 5.74. The van der Waals surface area contributed by atoms with Gasteiger partial charge in [-0.15, -0.1) is 0 Å². The van der Waals surface area contributed by atoms with Gasteiger partial charge in [0.2, 0.25) is 5.91 Å². The van der Waals surface area contributed by atoms with E-state index < -0.39 is 6.10 Å². The van der Waals surface area contributed by atoms with Crippen LogP contribution in [0, 0.1) is 0 Å². The third-order valence-corrected chi connectivity index (χ3v) is 5.19. The summed E-state index contributed by atoms with van der Waals surface area (Å²) in [7, 11) is 0. The number of ether oxygens (including phenoxy) is 1. The van der Waals surface area contributed by atoms with Crippen LogP contribution in [0.15, 0.2) is 30.3 Å². The molecule has 3 rings (SSSR count). The van der Waals surface area contributed by atoms with Crippen LogP contribution in [0.1, 0.15) is 32.6 Å². The van der Waals surface area contributed by atoms with Crippen LogP contribution in [0.5, 0.6) is 5.75 Å². The van der Waals surface area contributed by atoms with Gasteiger partial charge >= 0.3 is 0 Å². The highest BCUT2D eigenvalue weighted by molar-refractivity contribution is 5.74. The molecule has 1 aromatic rings. The normalized spacial score (nSPS) is 25.8. The Bertz CT molecular complexity index is 537. The maximum atomic E-state index is 11.8. The number of para-hydroxylation sites is 1. The molecule has 0 radical (unpaired) electrons. The van der Waals surface area contributed by atoms with E-state index in [0.717, 1.165) is 44.5 Å². The number of β-amino-alcohol motifs (C(OH)–C–C–N with tert-alkyl or cyclic N) is 1. The van der Waals surface area contributed by atoms with E-state index in [0.29, 0.717) is 25.2 Å². The quantitative estimate of drug-likeness (QED) is 0.864. The van der Waals surface area contributed by atoms with Crippen LogP contribution in [0.25, 0.3) is 0 Å². The number of aliphatic hydroxyl groups excluding tert-OH is 1. The van der Waals surface area contributed by atoms with Gasteiger partial charge in [-0.05, 0) is 44.4 Å². The molecule has 24 heavy (non-hydrogen) atoms. The second-order valence-electron chi connectivity index (χ2n) is 6.90. The first kappa shape index (κ1) is 17.2. The van der Waals surface area contributed by atoms with Gasteiger partial charge in [-0.2, -0.15) is 0 Å². The van der Waals surface area contributed by atoms with E-state index in [-0.39, 0.29) is 5.91 Å². The maximum Gasteiger partial charge on any atom is 0.219 e. The molecule has 2 aliphatic heterocycles. The molecule has 2 aliphatic rings. The number of hydrogen-bond acceptors (Lipinski definition) is 4. The summed E-state index contributed by atoms with van der Waals surface area (Å²) in [5, 5.41) is 10.4. The molecule has 132 valence electrons. The van der Waals surface area contributed by atoms with Gasteiger partial charge in [-0.25, -0.2) is 0 Å². The Hall–Kier alpha value is -1.59.